The van der Waals surface area contributed by atoms with Crippen molar-refractivity contribution in [2.75, 3.05) is 13.7 Å². The third-order valence-corrected chi connectivity index (χ3v) is 4.42. The van der Waals surface area contributed by atoms with Crippen LogP contribution in [0.4, 0.5) is 0 Å². The molecule has 0 spiro atoms. The first-order chi connectivity index (χ1) is 12.9. The van der Waals surface area contributed by atoms with Gasteiger partial charge in [0.15, 0.2) is 0 Å². The lowest BCUT2D eigenvalue weighted by atomic mass is 9.98. The second-order valence-corrected chi connectivity index (χ2v) is 7.06. The lowest BCUT2D eigenvalue weighted by Crippen LogP contribution is -2.38. The van der Waals surface area contributed by atoms with Crippen LogP contribution in [0.1, 0.15) is 18.4 Å². The van der Waals surface area contributed by atoms with Crippen LogP contribution in [0, 0.1) is 0 Å². The van der Waals surface area contributed by atoms with E-state index in [0.29, 0.717) is 22.9 Å². The van der Waals surface area contributed by atoms with E-state index in [9.17, 15) is 9.59 Å². The van der Waals surface area contributed by atoms with E-state index < -0.39 is 5.97 Å². The molecule has 0 radical (unpaired) electrons. The van der Waals surface area contributed by atoms with Crippen molar-refractivity contribution < 1.29 is 19.4 Å². The number of hydrogen-bond donors (Lipinski definition) is 2. The topological polar surface area (TPSA) is 75.6 Å². The maximum absolute atomic E-state index is 11.8. The fraction of sp³-hybridized carbons (Fsp3) is 0.300. The predicted molar refractivity (Wildman–Crippen MR) is 106 cm³/mol. The first-order valence-electron chi connectivity index (χ1n) is 8.43. The van der Waals surface area contributed by atoms with Crippen molar-refractivity contribution in [1.29, 1.82) is 0 Å². The van der Waals surface area contributed by atoms with Gasteiger partial charge in [0, 0.05) is 29.6 Å². The Labute approximate surface area is 168 Å². The summed E-state index contributed by atoms with van der Waals surface area (Å²) in [5.74, 6) is -1.16. The molecule has 2 N–H and O–H groups in total. The van der Waals surface area contributed by atoms with Gasteiger partial charge in [0.1, 0.15) is 6.61 Å². The molecular weight excluding hydrogens is 389 g/mol. The van der Waals surface area contributed by atoms with Crippen LogP contribution in [-0.2, 0) is 20.7 Å². The summed E-state index contributed by atoms with van der Waals surface area (Å²) in [6.07, 6.45) is 0.854. The molecule has 1 amide bonds. The van der Waals surface area contributed by atoms with E-state index in [1.807, 2.05) is 36.4 Å². The average Bonchev–Trinajstić information content (AvgIpc) is 2.59. The summed E-state index contributed by atoms with van der Waals surface area (Å²) in [4.78, 5) is 22.6. The molecule has 0 saturated carbocycles. The van der Waals surface area contributed by atoms with Crippen molar-refractivity contribution in [3.8, 4) is 11.1 Å². The van der Waals surface area contributed by atoms with Crippen LogP contribution in [0.5, 0.6) is 0 Å². The number of carbonyl (C=O) groups excluding carboxylic acids is 1. The van der Waals surface area contributed by atoms with Gasteiger partial charge in [-0.1, -0.05) is 47.5 Å². The van der Waals surface area contributed by atoms with Gasteiger partial charge in [-0.3, -0.25) is 9.59 Å². The van der Waals surface area contributed by atoms with Crippen LogP contribution < -0.4 is 5.32 Å². The highest BCUT2D eigenvalue weighted by Gasteiger charge is 2.15. The molecule has 0 aromatic heterocycles. The van der Waals surface area contributed by atoms with Gasteiger partial charge in [0.25, 0.3) is 0 Å². The van der Waals surface area contributed by atoms with Crippen LogP contribution in [0.3, 0.4) is 0 Å². The molecule has 0 aliphatic rings. The number of hydrogen-bond acceptors (Lipinski definition) is 3. The summed E-state index contributed by atoms with van der Waals surface area (Å²) in [6, 6.07) is 12.9. The van der Waals surface area contributed by atoms with Gasteiger partial charge < -0.3 is 15.2 Å². The fourth-order valence-electron chi connectivity index (χ4n) is 2.76. The molecule has 2 rings (SSSR count). The first-order valence-corrected chi connectivity index (χ1v) is 9.18. The van der Waals surface area contributed by atoms with Crippen molar-refractivity contribution in [3.63, 3.8) is 0 Å². The molecule has 1 unspecified atom stereocenters. The van der Waals surface area contributed by atoms with Crippen LogP contribution in [0.25, 0.3) is 11.1 Å². The molecule has 0 fully saturated rings. The Hall–Kier alpha value is -2.08. The number of carbonyl (C=O) groups is 2. The maximum atomic E-state index is 11.8. The summed E-state index contributed by atoms with van der Waals surface area (Å²) in [5, 5.41) is 12.9. The van der Waals surface area contributed by atoms with E-state index in [1.54, 1.807) is 6.07 Å². The Morgan fingerprint density at radius 3 is 2.26 bits per heavy atom. The lowest BCUT2D eigenvalue weighted by molar-refractivity contribution is -0.137. The van der Waals surface area contributed by atoms with Gasteiger partial charge in [-0.05, 0) is 47.7 Å². The lowest BCUT2D eigenvalue weighted by Gasteiger charge is -2.18. The molecule has 27 heavy (non-hydrogen) atoms. The molecule has 144 valence electrons. The molecule has 0 aliphatic carbocycles. The van der Waals surface area contributed by atoms with Crippen LogP contribution in [0.15, 0.2) is 42.5 Å². The zero-order valence-electron chi connectivity index (χ0n) is 14.9. The molecule has 5 nitrogen and oxygen atoms in total. The number of carboxylic acids is 1. The van der Waals surface area contributed by atoms with E-state index in [4.69, 9.17) is 33.0 Å². The molecule has 7 heteroatoms. The minimum Gasteiger partial charge on any atom is -0.481 e. The average molecular weight is 410 g/mol. The molecule has 0 heterocycles. The van der Waals surface area contributed by atoms with Gasteiger partial charge in [-0.15, -0.1) is 0 Å². The summed E-state index contributed by atoms with van der Waals surface area (Å²) < 4.78 is 4.81. The van der Waals surface area contributed by atoms with E-state index in [0.717, 1.165) is 16.7 Å². The highest BCUT2D eigenvalue weighted by molar-refractivity contribution is 6.35. The quantitative estimate of drug-likeness (QED) is 0.650. The van der Waals surface area contributed by atoms with Crippen LogP contribution >= 0.6 is 23.2 Å². The zero-order chi connectivity index (χ0) is 19.8. The molecule has 0 bridgehead atoms. The van der Waals surface area contributed by atoms with Gasteiger partial charge >= 0.3 is 5.97 Å². The van der Waals surface area contributed by atoms with Crippen molar-refractivity contribution >= 4 is 35.1 Å². The number of benzene rings is 2. The van der Waals surface area contributed by atoms with Crippen molar-refractivity contribution in [1.82, 2.24) is 5.32 Å². The molecule has 0 aliphatic heterocycles. The van der Waals surface area contributed by atoms with E-state index in [2.05, 4.69) is 5.32 Å². The molecular formula is C20H21Cl2NO4. The van der Waals surface area contributed by atoms with Gasteiger partial charge in [-0.2, -0.15) is 0 Å². The number of aliphatic carboxylic acids is 1. The molecule has 0 saturated heterocycles. The largest absolute Gasteiger partial charge is 0.481 e. The van der Waals surface area contributed by atoms with Gasteiger partial charge in [0.05, 0.1) is 0 Å². The Morgan fingerprint density at radius 2 is 1.70 bits per heavy atom. The normalized spacial score (nSPS) is 11.8. The second kappa shape index (κ2) is 10.3. The standard InChI is InChI=1S/C20H21Cl2NO4/c1-27-12-19(24)23-18(6-7-20(25)26)8-13-2-4-14(5-3-13)15-9-16(21)11-17(22)10-15/h2-5,9-11,18H,6-8,12H2,1H3,(H,23,24)(H,25,26). The maximum Gasteiger partial charge on any atom is 0.303 e. The summed E-state index contributed by atoms with van der Waals surface area (Å²) in [5.41, 5.74) is 2.86. The number of halogens is 2. The number of amides is 1. The minimum atomic E-state index is -0.894. The van der Waals surface area contributed by atoms with E-state index in [-0.39, 0.29) is 25.0 Å². The number of nitrogens with one attached hydrogen (secondary N) is 1. The fourth-order valence-corrected chi connectivity index (χ4v) is 3.29. The third-order valence-electron chi connectivity index (χ3n) is 3.98. The third kappa shape index (κ3) is 7.21. The molecule has 2 aromatic carbocycles. The number of ether oxygens (including phenoxy) is 1. The number of carboxylic acid groups (broad SMARTS) is 1. The first kappa shape index (κ1) is 21.2. The summed E-state index contributed by atoms with van der Waals surface area (Å²) in [7, 11) is 1.44. The Bertz CT molecular complexity index is 773. The molecule has 1 atom stereocenters. The second-order valence-electron chi connectivity index (χ2n) is 6.19. The summed E-state index contributed by atoms with van der Waals surface area (Å²) in [6.45, 7) is -0.0575. The highest BCUT2D eigenvalue weighted by atomic mass is 35.5. The van der Waals surface area contributed by atoms with Crippen LogP contribution in [-0.4, -0.2) is 36.7 Å². The Balaban J connectivity index is 2.10. The van der Waals surface area contributed by atoms with E-state index in [1.165, 1.54) is 7.11 Å². The summed E-state index contributed by atoms with van der Waals surface area (Å²) >= 11 is 12.1. The van der Waals surface area contributed by atoms with Crippen molar-refractivity contribution in [3.05, 3.63) is 58.1 Å². The Morgan fingerprint density at radius 1 is 1.07 bits per heavy atom. The number of methoxy groups -OCH3 is 1. The monoisotopic (exact) mass is 409 g/mol. The van der Waals surface area contributed by atoms with Gasteiger partial charge in [-0.25, -0.2) is 0 Å². The molecule has 2 aromatic rings. The predicted octanol–water partition coefficient (Wildman–Crippen LogP) is 4.20. The highest BCUT2D eigenvalue weighted by Crippen LogP contribution is 2.27. The Kier molecular flexibility index (Phi) is 8.10. The van der Waals surface area contributed by atoms with Crippen LogP contribution in [0.2, 0.25) is 10.0 Å². The smallest absolute Gasteiger partial charge is 0.303 e. The SMILES string of the molecule is COCC(=O)NC(CCC(=O)O)Cc1ccc(-c2cc(Cl)cc(Cl)c2)cc1. The minimum absolute atomic E-state index is 0.0168. The zero-order valence-corrected chi connectivity index (χ0v) is 16.4. The van der Waals surface area contributed by atoms with Crippen molar-refractivity contribution in [2.24, 2.45) is 0 Å². The van der Waals surface area contributed by atoms with Crippen molar-refractivity contribution in [2.45, 2.75) is 25.3 Å². The van der Waals surface area contributed by atoms with E-state index >= 15 is 0 Å². The number of rotatable bonds is 9. The van der Waals surface area contributed by atoms with Gasteiger partial charge in [0.2, 0.25) is 5.91 Å².